The Labute approximate surface area is 186 Å². The first-order valence-electron chi connectivity index (χ1n) is 10.7. The maximum Gasteiger partial charge on any atom is 0.362 e. The summed E-state index contributed by atoms with van der Waals surface area (Å²) >= 11 is 0. The van der Waals surface area contributed by atoms with E-state index in [4.69, 9.17) is 14.3 Å². The van der Waals surface area contributed by atoms with Gasteiger partial charge in [0.2, 0.25) is 0 Å². The molecule has 3 amide bonds. The number of carbonyl (C=O) groups is 3. The molecule has 2 aliphatic heterocycles. The molecule has 2 aliphatic rings. The van der Waals surface area contributed by atoms with Gasteiger partial charge in [0.05, 0.1) is 6.61 Å². The van der Waals surface area contributed by atoms with Crippen molar-refractivity contribution in [1.29, 1.82) is 0 Å². The van der Waals surface area contributed by atoms with Crippen molar-refractivity contribution in [1.82, 2.24) is 9.96 Å². The van der Waals surface area contributed by atoms with E-state index in [1.165, 1.54) is 4.90 Å². The smallest absolute Gasteiger partial charge is 0.362 e. The predicted molar refractivity (Wildman–Crippen MR) is 114 cm³/mol. The van der Waals surface area contributed by atoms with Crippen LogP contribution in [-0.4, -0.2) is 40.8 Å². The van der Waals surface area contributed by atoms with Crippen LogP contribution >= 0.6 is 0 Å². The summed E-state index contributed by atoms with van der Waals surface area (Å²) in [7, 11) is 0. The van der Waals surface area contributed by atoms with Crippen LogP contribution in [0, 0.1) is 0 Å². The average Bonchev–Trinajstić information content (AvgIpc) is 2.97. The molecule has 2 atom stereocenters. The number of hydroxylamine groups is 2. The molecule has 32 heavy (non-hydrogen) atoms. The Kier molecular flexibility index (Phi) is 6.14. The van der Waals surface area contributed by atoms with Gasteiger partial charge in [0.1, 0.15) is 11.3 Å². The van der Waals surface area contributed by atoms with Gasteiger partial charge in [-0.15, -0.1) is 0 Å². The molecule has 0 aliphatic carbocycles. The molecule has 2 aromatic carbocycles. The Morgan fingerprint density at radius 1 is 1.09 bits per heavy atom. The SMILES string of the molecule is CC(=O)ON1C(=O)N(Cc2ccccc2)[C@@](C)(c2ccc(O[C@@H]3CCCCO3)cc2)C1=O. The van der Waals surface area contributed by atoms with Crippen molar-refractivity contribution in [3.8, 4) is 5.75 Å². The summed E-state index contributed by atoms with van der Waals surface area (Å²) in [5.74, 6) is -0.753. The second-order valence-corrected chi connectivity index (χ2v) is 8.05. The van der Waals surface area contributed by atoms with Crippen LogP contribution in [-0.2, 0) is 31.2 Å². The predicted octanol–water partition coefficient (Wildman–Crippen LogP) is 3.75. The van der Waals surface area contributed by atoms with E-state index in [9.17, 15) is 14.4 Å². The number of rotatable bonds is 6. The van der Waals surface area contributed by atoms with Gasteiger partial charge < -0.3 is 14.3 Å². The quantitative estimate of drug-likeness (QED) is 0.639. The van der Waals surface area contributed by atoms with Gasteiger partial charge in [0.25, 0.3) is 5.91 Å². The van der Waals surface area contributed by atoms with Crippen LogP contribution in [0.1, 0.15) is 44.2 Å². The maximum absolute atomic E-state index is 13.3. The number of urea groups is 1. The summed E-state index contributed by atoms with van der Waals surface area (Å²) in [4.78, 5) is 44.3. The molecular formula is C24H26N2O6. The minimum Gasteiger partial charge on any atom is -0.465 e. The summed E-state index contributed by atoms with van der Waals surface area (Å²) in [6.45, 7) is 3.66. The summed E-state index contributed by atoms with van der Waals surface area (Å²) in [5, 5.41) is 0.547. The third-order valence-electron chi connectivity index (χ3n) is 5.77. The van der Waals surface area contributed by atoms with Gasteiger partial charge in [-0.25, -0.2) is 9.59 Å². The van der Waals surface area contributed by atoms with Gasteiger partial charge in [-0.1, -0.05) is 47.5 Å². The van der Waals surface area contributed by atoms with E-state index in [-0.39, 0.29) is 12.8 Å². The van der Waals surface area contributed by atoms with E-state index >= 15 is 0 Å². The molecule has 0 spiro atoms. The molecule has 2 fully saturated rings. The van der Waals surface area contributed by atoms with E-state index in [2.05, 4.69) is 0 Å². The highest BCUT2D eigenvalue weighted by molar-refractivity contribution is 6.06. The van der Waals surface area contributed by atoms with Crippen LogP contribution in [0.2, 0.25) is 0 Å². The number of hydrogen-bond donors (Lipinski definition) is 0. The maximum atomic E-state index is 13.3. The number of benzene rings is 2. The van der Waals surface area contributed by atoms with E-state index in [0.717, 1.165) is 31.7 Å². The van der Waals surface area contributed by atoms with E-state index < -0.39 is 23.4 Å². The first kappa shape index (κ1) is 21.8. The van der Waals surface area contributed by atoms with Crippen LogP contribution in [0.25, 0.3) is 0 Å². The third kappa shape index (κ3) is 4.18. The van der Waals surface area contributed by atoms with Crippen LogP contribution in [0.15, 0.2) is 54.6 Å². The van der Waals surface area contributed by atoms with Gasteiger partial charge in [0, 0.05) is 19.9 Å². The van der Waals surface area contributed by atoms with Crippen molar-refractivity contribution in [3.63, 3.8) is 0 Å². The molecule has 0 bridgehead atoms. The highest BCUT2D eigenvalue weighted by Crippen LogP contribution is 2.39. The highest BCUT2D eigenvalue weighted by atomic mass is 16.7. The topological polar surface area (TPSA) is 85.4 Å². The monoisotopic (exact) mass is 438 g/mol. The molecule has 2 saturated heterocycles. The molecule has 0 N–H and O–H groups in total. The zero-order valence-electron chi connectivity index (χ0n) is 18.2. The van der Waals surface area contributed by atoms with Crippen molar-refractivity contribution >= 4 is 17.9 Å². The number of carbonyl (C=O) groups excluding carboxylic acids is 3. The lowest BCUT2D eigenvalue weighted by molar-refractivity contribution is -0.182. The van der Waals surface area contributed by atoms with Gasteiger partial charge in [0.15, 0.2) is 6.29 Å². The largest absolute Gasteiger partial charge is 0.465 e. The molecule has 2 heterocycles. The zero-order chi connectivity index (χ0) is 22.7. The number of nitrogens with zero attached hydrogens (tertiary/aromatic N) is 2. The minimum absolute atomic E-state index is 0.174. The van der Waals surface area contributed by atoms with Gasteiger partial charge in [-0.05, 0) is 43.0 Å². The Hall–Kier alpha value is -3.39. The van der Waals surface area contributed by atoms with Crippen molar-refractivity contribution in [2.75, 3.05) is 6.61 Å². The Morgan fingerprint density at radius 2 is 1.81 bits per heavy atom. The second-order valence-electron chi connectivity index (χ2n) is 8.05. The zero-order valence-corrected chi connectivity index (χ0v) is 18.2. The number of imide groups is 1. The van der Waals surface area contributed by atoms with Crippen LogP contribution in [0.3, 0.4) is 0 Å². The lowest BCUT2D eigenvalue weighted by Gasteiger charge is -2.32. The fourth-order valence-electron chi connectivity index (χ4n) is 4.00. The summed E-state index contributed by atoms with van der Waals surface area (Å²) in [6.07, 6.45) is 2.63. The lowest BCUT2D eigenvalue weighted by atomic mass is 9.90. The van der Waals surface area contributed by atoms with Crippen molar-refractivity contribution in [3.05, 3.63) is 65.7 Å². The molecule has 0 radical (unpaired) electrons. The summed E-state index contributed by atoms with van der Waals surface area (Å²) in [5.41, 5.74) is 0.0692. The van der Waals surface area contributed by atoms with Crippen LogP contribution in [0.5, 0.6) is 5.75 Å². The van der Waals surface area contributed by atoms with E-state index in [0.29, 0.717) is 23.0 Å². The molecule has 8 heteroatoms. The van der Waals surface area contributed by atoms with Crippen LogP contribution < -0.4 is 4.74 Å². The molecule has 2 aromatic rings. The third-order valence-corrected chi connectivity index (χ3v) is 5.77. The molecule has 0 aromatic heterocycles. The van der Waals surface area contributed by atoms with Crippen LogP contribution in [0.4, 0.5) is 4.79 Å². The summed E-state index contributed by atoms with van der Waals surface area (Å²) < 4.78 is 11.5. The number of ether oxygens (including phenoxy) is 2. The second kappa shape index (κ2) is 9.00. The molecule has 168 valence electrons. The molecular weight excluding hydrogens is 412 g/mol. The Balaban J connectivity index is 1.63. The Morgan fingerprint density at radius 3 is 2.44 bits per heavy atom. The number of amides is 3. The van der Waals surface area contributed by atoms with Gasteiger partial charge >= 0.3 is 12.0 Å². The summed E-state index contributed by atoms with van der Waals surface area (Å²) in [6, 6.07) is 15.7. The van der Waals surface area contributed by atoms with Crippen molar-refractivity contribution in [2.45, 2.75) is 51.5 Å². The minimum atomic E-state index is -1.36. The molecule has 0 unspecified atom stereocenters. The number of hydrogen-bond acceptors (Lipinski definition) is 6. The van der Waals surface area contributed by atoms with Gasteiger partial charge in [-0.2, -0.15) is 0 Å². The Bertz CT molecular complexity index is 987. The van der Waals surface area contributed by atoms with E-state index in [1.54, 1.807) is 31.2 Å². The first-order chi connectivity index (χ1) is 15.4. The first-order valence-corrected chi connectivity index (χ1v) is 10.7. The fourth-order valence-corrected chi connectivity index (χ4v) is 4.00. The highest BCUT2D eigenvalue weighted by Gasteiger charge is 2.57. The average molecular weight is 438 g/mol. The van der Waals surface area contributed by atoms with Gasteiger partial charge in [-0.3, -0.25) is 9.69 Å². The van der Waals surface area contributed by atoms with Crippen molar-refractivity contribution in [2.24, 2.45) is 0 Å². The normalized spacial score (nSPS) is 23.4. The standard InChI is InChI=1S/C24H26N2O6/c1-17(27)32-26-22(28)24(2,25(23(26)29)16-18-8-4-3-5-9-18)19-11-13-20(14-12-19)31-21-10-6-7-15-30-21/h3-5,8-9,11-14,21H,6-7,10,15-16H2,1-2H3/t21-,24+/m1/s1. The molecule has 0 saturated carbocycles. The lowest BCUT2D eigenvalue weighted by Crippen LogP contribution is -2.44. The molecule has 8 nitrogen and oxygen atoms in total. The fraction of sp³-hybridized carbons (Fsp3) is 0.375. The van der Waals surface area contributed by atoms with E-state index in [1.807, 2.05) is 30.3 Å². The molecule has 4 rings (SSSR count). The van der Waals surface area contributed by atoms with Crippen molar-refractivity contribution < 1.29 is 28.7 Å².